The second-order valence-corrected chi connectivity index (χ2v) is 11.2. The number of likely N-dealkylation sites (tertiary alicyclic amines) is 2. The van der Waals surface area contributed by atoms with Gasteiger partial charge in [0.1, 0.15) is 5.60 Å². The van der Waals surface area contributed by atoms with E-state index < -0.39 is 5.60 Å². The Morgan fingerprint density at radius 2 is 1.79 bits per heavy atom. The molecule has 158 valence electrons. The number of hydrogen-bond donors (Lipinski definition) is 0. The average Bonchev–Trinajstić information content (AvgIpc) is 3.33. The van der Waals surface area contributed by atoms with Crippen molar-refractivity contribution in [1.82, 2.24) is 9.80 Å². The van der Waals surface area contributed by atoms with Crippen LogP contribution in [-0.2, 0) is 4.74 Å². The Morgan fingerprint density at radius 1 is 1.10 bits per heavy atom. The number of hydrogen-bond acceptors (Lipinski definition) is 3. The Bertz CT molecular complexity index is 765. The molecule has 2 saturated carbocycles. The first-order valence-electron chi connectivity index (χ1n) is 11.6. The molecule has 4 nitrogen and oxygen atoms in total. The summed E-state index contributed by atoms with van der Waals surface area (Å²) in [6.07, 6.45) is 7.82. The average molecular weight is 397 g/mol. The zero-order valence-electron chi connectivity index (χ0n) is 18.3. The maximum Gasteiger partial charge on any atom is 0.410 e. The summed E-state index contributed by atoms with van der Waals surface area (Å²) in [5.74, 6) is 1.62. The first-order valence-corrected chi connectivity index (χ1v) is 11.6. The zero-order valence-corrected chi connectivity index (χ0v) is 18.3. The maximum absolute atomic E-state index is 12.2. The van der Waals surface area contributed by atoms with Crippen molar-refractivity contribution in [1.29, 1.82) is 0 Å². The zero-order chi connectivity index (χ0) is 20.2. The van der Waals surface area contributed by atoms with E-state index in [9.17, 15) is 4.79 Å². The van der Waals surface area contributed by atoms with E-state index >= 15 is 0 Å². The number of carbonyl (C=O) groups is 1. The minimum atomic E-state index is -0.399. The summed E-state index contributed by atoms with van der Waals surface area (Å²) >= 11 is 0. The van der Waals surface area contributed by atoms with Crippen molar-refractivity contribution in [2.75, 3.05) is 26.2 Å². The van der Waals surface area contributed by atoms with Gasteiger partial charge in [-0.05, 0) is 88.8 Å². The molecule has 4 fully saturated rings. The second kappa shape index (κ2) is 7.01. The summed E-state index contributed by atoms with van der Waals surface area (Å²) in [5, 5.41) is 0. The highest BCUT2D eigenvalue weighted by Crippen LogP contribution is 2.53. The van der Waals surface area contributed by atoms with Gasteiger partial charge in [0.2, 0.25) is 0 Å². The Labute approximate surface area is 175 Å². The molecule has 0 aromatic heterocycles. The smallest absolute Gasteiger partial charge is 0.410 e. The molecular formula is C25H36N2O2. The highest BCUT2D eigenvalue weighted by molar-refractivity contribution is 5.69. The fourth-order valence-electron chi connectivity index (χ4n) is 6.08. The molecule has 1 amide bonds. The van der Waals surface area contributed by atoms with Gasteiger partial charge in [0.25, 0.3) is 0 Å². The normalized spacial score (nSPS) is 27.0. The molecule has 0 N–H and O–H groups in total. The second-order valence-electron chi connectivity index (χ2n) is 11.2. The molecule has 5 rings (SSSR count). The summed E-state index contributed by atoms with van der Waals surface area (Å²) in [5.41, 5.74) is 3.23. The van der Waals surface area contributed by atoms with Gasteiger partial charge in [0.05, 0.1) is 0 Å². The molecule has 0 bridgehead atoms. The summed E-state index contributed by atoms with van der Waals surface area (Å²) in [4.78, 5) is 16.9. The molecule has 2 aliphatic heterocycles. The molecule has 1 atom stereocenters. The molecule has 1 aromatic carbocycles. The first kappa shape index (κ1) is 19.4. The Kier molecular flexibility index (Phi) is 4.69. The van der Waals surface area contributed by atoms with Gasteiger partial charge in [-0.3, -0.25) is 4.90 Å². The van der Waals surface area contributed by atoms with Gasteiger partial charge in [-0.15, -0.1) is 0 Å². The van der Waals surface area contributed by atoms with Crippen molar-refractivity contribution in [2.24, 2.45) is 11.3 Å². The van der Waals surface area contributed by atoms with E-state index in [0.29, 0.717) is 11.5 Å². The van der Waals surface area contributed by atoms with Crippen molar-refractivity contribution in [3.63, 3.8) is 0 Å². The molecule has 2 aliphatic carbocycles. The Balaban J connectivity index is 1.14. The fourth-order valence-corrected chi connectivity index (χ4v) is 6.08. The third kappa shape index (κ3) is 3.93. The van der Waals surface area contributed by atoms with Crippen LogP contribution in [0.25, 0.3) is 0 Å². The van der Waals surface area contributed by atoms with Gasteiger partial charge in [-0.1, -0.05) is 24.3 Å². The van der Waals surface area contributed by atoms with Crippen molar-refractivity contribution in [3.8, 4) is 0 Å². The molecular weight excluding hydrogens is 360 g/mol. The number of benzene rings is 1. The Morgan fingerprint density at radius 3 is 2.45 bits per heavy atom. The number of amides is 1. The van der Waals surface area contributed by atoms with Gasteiger partial charge in [-0.25, -0.2) is 4.79 Å². The number of nitrogens with zero attached hydrogens (tertiary/aromatic N) is 2. The van der Waals surface area contributed by atoms with E-state index in [2.05, 4.69) is 29.2 Å². The van der Waals surface area contributed by atoms with Crippen molar-refractivity contribution >= 4 is 6.09 Å². The standard InChI is InChI=1S/C25H36N2O2/c1-24(2,3)29-23(28)27-16-25(17-27)13-18(14-25)15-26-12-6-9-22(26)21-8-5-4-7-20(21)19-10-11-19/h4-5,7-8,18-19,22H,6,9-17H2,1-3H3. The molecule has 1 unspecified atom stereocenters. The minimum absolute atomic E-state index is 0.136. The van der Waals surface area contributed by atoms with Crippen LogP contribution in [-0.4, -0.2) is 47.7 Å². The SMILES string of the molecule is CC(C)(C)OC(=O)N1CC2(CC(CN3CCCC3c3ccccc3C3CC3)C2)C1. The lowest BCUT2D eigenvalue weighted by atomic mass is 9.57. The lowest BCUT2D eigenvalue weighted by Crippen LogP contribution is -2.65. The molecule has 1 aromatic rings. The van der Waals surface area contributed by atoms with E-state index in [1.165, 1.54) is 51.6 Å². The Hall–Kier alpha value is -1.55. The molecule has 4 heteroatoms. The molecule has 1 spiro atoms. The predicted octanol–water partition coefficient (Wildman–Crippen LogP) is 5.35. The topological polar surface area (TPSA) is 32.8 Å². The largest absolute Gasteiger partial charge is 0.444 e. The van der Waals surface area contributed by atoms with Crippen molar-refractivity contribution < 1.29 is 9.53 Å². The number of rotatable bonds is 4. The summed E-state index contributed by atoms with van der Waals surface area (Å²) in [6, 6.07) is 9.85. The van der Waals surface area contributed by atoms with Crippen LogP contribution in [0.15, 0.2) is 24.3 Å². The molecule has 2 heterocycles. The van der Waals surface area contributed by atoms with Crippen LogP contribution < -0.4 is 0 Å². The van der Waals surface area contributed by atoms with Crippen LogP contribution >= 0.6 is 0 Å². The van der Waals surface area contributed by atoms with Crippen LogP contribution in [0, 0.1) is 11.3 Å². The monoisotopic (exact) mass is 396 g/mol. The first-order chi connectivity index (χ1) is 13.8. The summed E-state index contributed by atoms with van der Waals surface area (Å²) < 4.78 is 5.52. The van der Waals surface area contributed by atoms with Crippen molar-refractivity contribution in [2.45, 2.75) is 76.9 Å². The highest BCUT2D eigenvalue weighted by atomic mass is 16.6. The summed E-state index contributed by atoms with van der Waals surface area (Å²) in [7, 11) is 0. The molecule has 4 aliphatic rings. The molecule has 0 radical (unpaired) electrons. The third-order valence-corrected chi connectivity index (χ3v) is 7.38. The van der Waals surface area contributed by atoms with Crippen LogP contribution in [0.1, 0.15) is 82.4 Å². The number of carbonyl (C=O) groups excluding carboxylic acids is 1. The number of ether oxygens (including phenoxy) is 1. The maximum atomic E-state index is 12.2. The van der Waals surface area contributed by atoms with Crippen LogP contribution in [0.3, 0.4) is 0 Å². The van der Waals surface area contributed by atoms with Crippen LogP contribution in [0.5, 0.6) is 0 Å². The van der Waals surface area contributed by atoms with Gasteiger partial charge in [-0.2, -0.15) is 0 Å². The lowest BCUT2D eigenvalue weighted by molar-refractivity contribution is -0.101. The quantitative estimate of drug-likeness (QED) is 0.688. The van der Waals surface area contributed by atoms with Gasteiger partial charge >= 0.3 is 6.09 Å². The van der Waals surface area contributed by atoms with E-state index in [0.717, 1.165) is 24.9 Å². The molecule has 29 heavy (non-hydrogen) atoms. The fraction of sp³-hybridized carbons (Fsp3) is 0.720. The van der Waals surface area contributed by atoms with Crippen LogP contribution in [0.2, 0.25) is 0 Å². The van der Waals surface area contributed by atoms with E-state index in [-0.39, 0.29) is 6.09 Å². The minimum Gasteiger partial charge on any atom is -0.444 e. The summed E-state index contributed by atoms with van der Waals surface area (Å²) in [6.45, 7) is 10.1. The van der Waals surface area contributed by atoms with E-state index in [4.69, 9.17) is 4.74 Å². The van der Waals surface area contributed by atoms with E-state index in [1.54, 1.807) is 11.1 Å². The van der Waals surface area contributed by atoms with Crippen molar-refractivity contribution in [3.05, 3.63) is 35.4 Å². The van der Waals surface area contributed by atoms with Gasteiger partial charge in [0.15, 0.2) is 0 Å². The predicted molar refractivity (Wildman–Crippen MR) is 115 cm³/mol. The lowest BCUT2D eigenvalue weighted by Gasteiger charge is -2.59. The highest BCUT2D eigenvalue weighted by Gasteiger charge is 2.54. The molecule has 2 saturated heterocycles. The van der Waals surface area contributed by atoms with E-state index in [1.807, 2.05) is 25.7 Å². The van der Waals surface area contributed by atoms with Crippen LogP contribution in [0.4, 0.5) is 4.79 Å². The van der Waals surface area contributed by atoms with Gasteiger partial charge in [0, 0.05) is 31.1 Å². The third-order valence-electron chi connectivity index (χ3n) is 7.38. The van der Waals surface area contributed by atoms with Gasteiger partial charge < -0.3 is 9.64 Å².